The minimum Gasteiger partial charge on any atom is -0.478 e. The van der Waals surface area contributed by atoms with Gasteiger partial charge in [0.2, 0.25) is 0 Å². The molecule has 3 aromatic rings. The van der Waals surface area contributed by atoms with Gasteiger partial charge in [0.05, 0.1) is 16.9 Å². The van der Waals surface area contributed by atoms with Crippen LogP contribution in [0.15, 0.2) is 66.7 Å². The van der Waals surface area contributed by atoms with Crippen molar-refractivity contribution in [3.63, 3.8) is 0 Å². The summed E-state index contributed by atoms with van der Waals surface area (Å²) >= 11 is 0. The highest BCUT2D eigenvalue weighted by Gasteiger charge is 2.14. The zero-order chi connectivity index (χ0) is 17.8. The highest BCUT2D eigenvalue weighted by molar-refractivity contribution is 5.95. The van der Waals surface area contributed by atoms with Crippen molar-refractivity contribution in [2.45, 2.75) is 0 Å². The van der Waals surface area contributed by atoms with Crippen LogP contribution in [0.2, 0.25) is 0 Å². The first-order valence-corrected chi connectivity index (χ1v) is 7.35. The number of carboxylic acids is 1. The minimum absolute atomic E-state index is 0.0410. The van der Waals surface area contributed by atoms with E-state index in [1.165, 1.54) is 24.3 Å². The lowest BCUT2D eigenvalue weighted by Crippen LogP contribution is -2.04. The average molecular weight is 341 g/mol. The van der Waals surface area contributed by atoms with Gasteiger partial charge < -0.3 is 15.2 Å². The second-order valence-electron chi connectivity index (χ2n) is 5.18. The Labute approximate surface area is 142 Å². The molecule has 0 amide bonds. The number of carbonyl (C=O) groups is 1. The molecule has 0 saturated carbocycles. The Morgan fingerprint density at radius 1 is 0.880 bits per heavy atom. The number of halogens is 2. The summed E-state index contributed by atoms with van der Waals surface area (Å²) in [6, 6.07) is 16.2. The summed E-state index contributed by atoms with van der Waals surface area (Å²) in [5, 5.41) is 12.0. The van der Waals surface area contributed by atoms with Crippen LogP contribution in [0.25, 0.3) is 0 Å². The summed E-state index contributed by atoms with van der Waals surface area (Å²) in [6.07, 6.45) is 0. The molecule has 0 spiro atoms. The lowest BCUT2D eigenvalue weighted by molar-refractivity contribution is 0.0698. The normalized spacial score (nSPS) is 10.3. The Kier molecular flexibility index (Phi) is 4.61. The highest BCUT2D eigenvalue weighted by Crippen LogP contribution is 2.30. The van der Waals surface area contributed by atoms with Gasteiger partial charge in [-0.05, 0) is 36.4 Å². The summed E-state index contributed by atoms with van der Waals surface area (Å²) in [5.74, 6) is -1.78. The molecule has 0 aromatic heterocycles. The van der Waals surface area contributed by atoms with Crippen LogP contribution in [-0.4, -0.2) is 11.1 Å². The van der Waals surface area contributed by atoms with Crippen molar-refractivity contribution in [3.8, 4) is 11.5 Å². The number of hydrogen-bond donors (Lipinski definition) is 2. The van der Waals surface area contributed by atoms with Crippen LogP contribution >= 0.6 is 0 Å². The van der Waals surface area contributed by atoms with Gasteiger partial charge in [-0.2, -0.15) is 0 Å². The average Bonchev–Trinajstić information content (AvgIpc) is 2.58. The van der Waals surface area contributed by atoms with E-state index in [0.29, 0.717) is 17.6 Å². The third-order valence-electron chi connectivity index (χ3n) is 3.40. The molecule has 0 unspecified atom stereocenters. The molecule has 25 heavy (non-hydrogen) atoms. The Hall–Kier alpha value is -3.41. The number of aromatic carboxylic acids is 1. The van der Waals surface area contributed by atoms with Crippen LogP contribution in [0, 0.1) is 11.6 Å². The van der Waals surface area contributed by atoms with Crippen molar-refractivity contribution in [2.75, 3.05) is 5.32 Å². The zero-order valence-electron chi connectivity index (χ0n) is 12.9. The van der Waals surface area contributed by atoms with E-state index in [2.05, 4.69) is 5.32 Å². The van der Waals surface area contributed by atoms with Gasteiger partial charge in [-0.1, -0.05) is 18.2 Å². The molecule has 0 fully saturated rings. The summed E-state index contributed by atoms with van der Waals surface area (Å²) in [4.78, 5) is 11.4. The van der Waals surface area contributed by atoms with Crippen molar-refractivity contribution in [1.82, 2.24) is 0 Å². The molecular formula is C19H13F2NO3. The molecule has 0 bridgehead atoms. The number of rotatable bonds is 5. The second-order valence-corrected chi connectivity index (χ2v) is 5.18. The van der Waals surface area contributed by atoms with Crippen LogP contribution < -0.4 is 10.1 Å². The maximum Gasteiger partial charge on any atom is 0.337 e. The number of benzene rings is 3. The summed E-state index contributed by atoms with van der Waals surface area (Å²) in [7, 11) is 0. The number of para-hydroxylation sites is 1. The molecule has 126 valence electrons. The molecule has 6 heteroatoms. The number of anilines is 2. The fourth-order valence-electron chi connectivity index (χ4n) is 2.24. The Morgan fingerprint density at radius 2 is 1.64 bits per heavy atom. The maximum absolute atomic E-state index is 13.8. The maximum atomic E-state index is 13.8. The summed E-state index contributed by atoms with van der Waals surface area (Å²) in [5.41, 5.74) is 0.0244. The molecule has 0 heterocycles. The Bertz CT molecular complexity index is 914. The molecule has 0 aliphatic heterocycles. The van der Waals surface area contributed by atoms with Crippen LogP contribution in [0.5, 0.6) is 11.5 Å². The fourth-order valence-corrected chi connectivity index (χ4v) is 2.24. The first-order chi connectivity index (χ1) is 12.0. The van der Waals surface area contributed by atoms with Gasteiger partial charge in [0.1, 0.15) is 23.1 Å². The smallest absolute Gasteiger partial charge is 0.337 e. The molecule has 0 saturated heterocycles. The van der Waals surface area contributed by atoms with E-state index in [4.69, 9.17) is 4.74 Å². The molecule has 3 rings (SSSR count). The molecule has 0 radical (unpaired) electrons. The third-order valence-corrected chi connectivity index (χ3v) is 3.40. The molecule has 4 nitrogen and oxygen atoms in total. The van der Waals surface area contributed by atoms with Gasteiger partial charge in [-0.15, -0.1) is 0 Å². The second kappa shape index (κ2) is 7.00. The first-order valence-electron chi connectivity index (χ1n) is 7.35. The van der Waals surface area contributed by atoms with Crippen molar-refractivity contribution >= 4 is 17.3 Å². The van der Waals surface area contributed by atoms with E-state index in [1.807, 2.05) is 6.07 Å². The van der Waals surface area contributed by atoms with Crippen molar-refractivity contribution in [3.05, 3.63) is 83.9 Å². The fraction of sp³-hybridized carbons (Fsp3) is 0. The number of hydrogen-bond acceptors (Lipinski definition) is 3. The van der Waals surface area contributed by atoms with E-state index in [1.54, 1.807) is 24.3 Å². The minimum atomic E-state index is -1.18. The van der Waals surface area contributed by atoms with E-state index in [0.717, 1.165) is 6.07 Å². The van der Waals surface area contributed by atoms with Gasteiger partial charge in [0.15, 0.2) is 0 Å². The number of carboxylic acid groups (broad SMARTS) is 1. The standard InChI is InChI=1S/C19H13F2NO3/c20-12-6-9-17(16(21)10-12)22-18-11-14(7-8-15(18)19(23)24)25-13-4-2-1-3-5-13/h1-11,22H,(H,23,24). The quantitative estimate of drug-likeness (QED) is 0.670. The van der Waals surface area contributed by atoms with Crippen LogP contribution in [-0.2, 0) is 0 Å². The topological polar surface area (TPSA) is 58.6 Å². The van der Waals surface area contributed by atoms with Gasteiger partial charge in [0, 0.05) is 12.1 Å². The highest BCUT2D eigenvalue weighted by atomic mass is 19.1. The van der Waals surface area contributed by atoms with E-state index in [9.17, 15) is 18.7 Å². The Morgan fingerprint density at radius 3 is 2.32 bits per heavy atom. The zero-order valence-corrected chi connectivity index (χ0v) is 12.9. The largest absolute Gasteiger partial charge is 0.478 e. The summed E-state index contributed by atoms with van der Waals surface area (Å²) < 4.78 is 32.5. The van der Waals surface area contributed by atoms with Crippen molar-refractivity contribution < 1.29 is 23.4 Å². The molecule has 0 aliphatic carbocycles. The van der Waals surface area contributed by atoms with Gasteiger partial charge in [-0.25, -0.2) is 13.6 Å². The number of nitrogens with one attached hydrogen (secondary N) is 1. The van der Waals surface area contributed by atoms with Gasteiger partial charge in [0.25, 0.3) is 0 Å². The summed E-state index contributed by atoms with van der Waals surface area (Å²) in [6.45, 7) is 0. The lowest BCUT2D eigenvalue weighted by atomic mass is 10.1. The number of ether oxygens (including phenoxy) is 1. The van der Waals surface area contributed by atoms with Crippen LogP contribution in [0.3, 0.4) is 0 Å². The predicted octanol–water partition coefficient (Wildman–Crippen LogP) is 5.20. The van der Waals surface area contributed by atoms with Crippen LogP contribution in [0.4, 0.5) is 20.2 Å². The van der Waals surface area contributed by atoms with E-state index >= 15 is 0 Å². The Balaban J connectivity index is 1.94. The van der Waals surface area contributed by atoms with Crippen molar-refractivity contribution in [2.24, 2.45) is 0 Å². The lowest BCUT2D eigenvalue weighted by Gasteiger charge is -2.13. The molecule has 0 atom stereocenters. The first kappa shape index (κ1) is 16.4. The molecular weight excluding hydrogens is 328 g/mol. The predicted molar refractivity (Wildman–Crippen MR) is 89.6 cm³/mol. The van der Waals surface area contributed by atoms with Gasteiger partial charge >= 0.3 is 5.97 Å². The van der Waals surface area contributed by atoms with E-state index in [-0.39, 0.29) is 16.9 Å². The van der Waals surface area contributed by atoms with Crippen molar-refractivity contribution in [1.29, 1.82) is 0 Å². The SMILES string of the molecule is O=C(O)c1ccc(Oc2ccccc2)cc1Nc1ccc(F)cc1F. The third kappa shape index (κ3) is 3.92. The molecule has 2 N–H and O–H groups in total. The molecule has 3 aromatic carbocycles. The van der Waals surface area contributed by atoms with Crippen LogP contribution in [0.1, 0.15) is 10.4 Å². The van der Waals surface area contributed by atoms with Gasteiger partial charge in [-0.3, -0.25) is 0 Å². The molecule has 0 aliphatic rings. The van der Waals surface area contributed by atoms with E-state index < -0.39 is 17.6 Å². The monoisotopic (exact) mass is 341 g/mol.